The number of amides is 2. The number of ether oxygens (including phenoxy) is 1. The van der Waals surface area contributed by atoms with Crippen LogP contribution in [0.1, 0.15) is 55.9 Å². The molecular weight excluding hydrogens is 620 g/mol. The molecule has 1 atom stereocenters. The second kappa shape index (κ2) is 14.5. The predicted octanol–water partition coefficient (Wildman–Crippen LogP) is 7.24. The zero-order valence-corrected chi connectivity index (χ0v) is 28.5. The van der Waals surface area contributed by atoms with E-state index in [0.717, 1.165) is 98.8 Å². The SMILES string of the molecule is O=C(c1cc(-c2ccccc2C(=O)N2Cc3ccccc3CC2CN2CCOCC2)n2c1CCCC2)N(Cc1ccccc1)c1ccccc1. The molecule has 7 heteroatoms. The second-order valence-electron chi connectivity index (χ2n) is 13.7. The van der Waals surface area contributed by atoms with Gasteiger partial charge in [0.25, 0.3) is 11.8 Å². The van der Waals surface area contributed by atoms with E-state index in [1.165, 1.54) is 11.1 Å². The molecule has 0 radical (unpaired) electrons. The number of aromatic nitrogens is 1. The molecule has 0 N–H and O–H groups in total. The minimum absolute atomic E-state index is 0.0148. The van der Waals surface area contributed by atoms with Gasteiger partial charge in [-0.05, 0) is 66.6 Å². The molecule has 1 unspecified atom stereocenters. The first kappa shape index (κ1) is 32.2. The van der Waals surface area contributed by atoms with Crippen molar-refractivity contribution in [3.8, 4) is 11.3 Å². The Labute approximate surface area is 294 Å². The van der Waals surface area contributed by atoms with Crippen molar-refractivity contribution >= 4 is 17.5 Å². The van der Waals surface area contributed by atoms with Gasteiger partial charge in [0.1, 0.15) is 0 Å². The Morgan fingerprint density at radius 3 is 2.24 bits per heavy atom. The van der Waals surface area contributed by atoms with Crippen LogP contribution >= 0.6 is 0 Å². The summed E-state index contributed by atoms with van der Waals surface area (Å²) in [4.78, 5) is 36.0. The molecular formula is C43H44N4O3. The summed E-state index contributed by atoms with van der Waals surface area (Å²) in [6, 6.07) is 38.8. The highest BCUT2D eigenvalue weighted by Gasteiger charge is 2.34. The molecule has 1 aromatic heterocycles. The predicted molar refractivity (Wildman–Crippen MR) is 197 cm³/mol. The number of morpholine rings is 1. The molecule has 7 nitrogen and oxygen atoms in total. The van der Waals surface area contributed by atoms with E-state index in [1.807, 2.05) is 71.6 Å². The average molecular weight is 665 g/mol. The van der Waals surface area contributed by atoms with Gasteiger partial charge in [-0.15, -0.1) is 0 Å². The lowest BCUT2D eigenvalue weighted by Gasteiger charge is -2.40. The molecule has 50 heavy (non-hydrogen) atoms. The maximum Gasteiger partial charge on any atom is 0.260 e. The third-order valence-electron chi connectivity index (χ3n) is 10.6. The van der Waals surface area contributed by atoms with Crippen LogP contribution in [0.4, 0.5) is 5.69 Å². The summed E-state index contributed by atoms with van der Waals surface area (Å²) in [5, 5.41) is 0. The van der Waals surface area contributed by atoms with Gasteiger partial charge in [0.2, 0.25) is 0 Å². The first-order valence-corrected chi connectivity index (χ1v) is 18.0. The molecule has 254 valence electrons. The van der Waals surface area contributed by atoms with Crippen molar-refractivity contribution in [1.82, 2.24) is 14.4 Å². The average Bonchev–Trinajstić information content (AvgIpc) is 3.57. The molecule has 0 saturated carbocycles. The largest absolute Gasteiger partial charge is 0.379 e. The summed E-state index contributed by atoms with van der Waals surface area (Å²) in [6.07, 6.45) is 3.73. The molecule has 1 saturated heterocycles. The molecule has 1 fully saturated rings. The van der Waals surface area contributed by atoms with Gasteiger partial charge in [0.05, 0.1) is 25.3 Å². The molecule has 0 spiro atoms. The highest BCUT2D eigenvalue weighted by molar-refractivity contribution is 6.08. The zero-order valence-electron chi connectivity index (χ0n) is 28.5. The number of nitrogens with zero attached hydrogens (tertiary/aromatic N) is 4. The zero-order chi connectivity index (χ0) is 33.9. The Morgan fingerprint density at radius 1 is 0.740 bits per heavy atom. The number of para-hydroxylation sites is 1. The molecule has 0 aliphatic carbocycles. The van der Waals surface area contributed by atoms with Crippen molar-refractivity contribution < 1.29 is 14.3 Å². The normalized spacial score (nSPS) is 17.5. The van der Waals surface area contributed by atoms with Crippen LogP contribution in [-0.2, 0) is 37.2 Å². The van der Waals surface area contributed by atoms with Crippen LogP contribution in [0.2, 0.25) is 0 Å². The van der Waals surface area contributed by atoms with Gasteiger partial charge >= 0.3 is 0 Å². The Morgan fingerprint density at radius 2 is 1.44 bits per heavy atom. The third kappa shape index (κ3) is 6.51. The fraction of sp³-hybridized carbons (Fsp3) is 0.302. The van der Waals surface area contributed by atoms with Crippen LogP contribution in [0, 0.1) is 0 Å². The van der Waals surface area contributed by atoms with Crippen molar-refractivity contribution in [2.24, 2.45) is 0 Å². The number of benzene rings is 4. The van der Waals surface area contributed by atoms with Crippen molar-refractivity contribution in [3.63, 3.8) is 0 Å². The monoisotopic (exact) mass is 664 g/mol. The van der Waals surface area contributed by atoms with Gasteiger partial charge in [-0.25, -0.2) is 0 Å². The molecule has 4 aromatic carbocycles. The molecule has 4 heterocycles. The van der Waals surface area contributed by atoms with E-state index < -0.39 is 0 Å². The molecule has 2 amide bonds. The van der Waals surface area contributed by atoms with Gasteiger partial charge < -0.3 is 19.1 Å². The summed E-state index contributed by atoms with van der Waals surface area (Å²) < 4.78 is 7.95. The molecule has 3 aliphatic rings. The second-order valence-corrected chi connectivity index (χ2v) is 13.7. The van der Waals surface area contributed by atoms with Crippen LogP contribution in [0.25, 0.3) is 11.3 Å². The number of anilines is 1. The highest BCUT2D eigenvalue weighted by Crippen LogP contribution is 2.36. The van der Waals surface area contributed by atoms with Gasteiger partial charge in [0.15, 0.2) is 0 Å². The Bertz CT molecular complexity index is 1960. The quantitative estimate of drug-likeness (QED) is 0.176. The molecule has 0 bridgehead atoms. The Hall–Kier alpha value is -4.98. The van der Waals surface area contributed by atoms with E-state index in [-0.39, 0.29) is 17.9 Å². The van der Waals surface area contributed by atoms with E-state index >= 15 is 0 Å². The van der Waals surface area contributed by atoms with Crippen LogP contribution in [0.5, 0.6) is 0 Å². The lowest BCUT2D eigenvalue weighted by Crippen LogP contribution is -2.52. The highest BCUT2D eigenvalue weighted by atomic mass is 16.5. The van der Waals surface area contributed by atoms with Crippen LogP contribution in [0.15, 0.2) is 115 Å². The molecule has 3 aliphatic heterocycles. The minimum Gasteiger partial charge on any atom is -0.379 e. The van der Waals surface area contributed by atoms with Crippen molar-refractivity contribution in [2.75, 3.05) is 37.7 Å². The number of rotatable bonds is 8. The summed E-state index contributed by atoms with van der Waals surface area (Å²) in [5.74, 6) is 0.0292. The third-order valence-corrected chi connectivity index (χ3v) is 10.6. The number of carbonyl (C=O) groups excluding carboxylic acids is 2. The number of fused-ring (bicyclic) bond motifs is 2. The fourth-order valence-electron chi connectivity index (χ4n) is 8.00. The fourth-order valence-corrected chi connectivity index (χ4v) is 8.00. The summed E-state index contributed by atoms with van der Waals surface area (Å²) >= 11 is 0. The van der Waals surface area contributed by atoms with E-state index in [4.69, 9.17) is 4.74 Å². The van der Waals surface area contributed by atoms with E-state index in [0.29, 0.717) is 18.7 Å². The Kier molecular flexibility index (Phi) is 9.33. The lowest BCUT2D eigenvalue weighted by molar-refractivity contribution is 0.0193. The molecule has 5 aromatic rings. The van der Waals surface area contributed by atoms with Crippen molar-refractivity contribution in [1.29, 1.82) is 0 Å². The summed E-state index contributed by atoms with van der Waals surface area (Å²) in [6.45, 7) is 5.92. The first-order valence-electron chi connectivity index (χ1n) is 18.0. The maximum atomic E-state index is 14.9. The smallest absolute Gasteiger partial charge is 0.260 e. The summed E-state index contributed by atoms with van der Waals surface area (Å²) in [7, 11) is 0. The standard InChI is InChI=1S/C43H44N4O3/c48-42(47-30-34-16-8-7-15-33(34)27-36(47)31-44-23-25-50-26-24-44)38-20-10-9-19-37(38)41-28-39(40-21-11-12-22-45(40)41)43(49)46(35-17-5-2-6-18-35)29-32-13-3-1-4-14-32/h1-10,13-20,28,36H,11-12,21-27,29-31H2. The molecule has 8 rings (SSSR count). The number of carbonyl (C=O) groups is 2. The van der Waals surface area contributed by atoms with Crippen LogP contribution in [-0.4, -0.2) is 65.1 Å². The number of hydrogen-bond acceptors (Lipinski definition) is 4. The van der Waals surface area contributed by atoms with Gasteiger partial charge in [-0.3, -0.25) is 14.5 Å². The van der Waals surface area contributed by atoms with Crippen LogP contribution < -0.4 is 4.90 Å². The van der Waals surface area contributed by atoms with Crippen molar-refractivity contribution in [2.45, 2.75) is 51.4 Å². The van der Waals surface area contributed by atoms with E-state index in [1.54, 1.807) is 0 Å². The van der Waals surface area contributed by atoms with Gasteiger partial charge in [-0.1, -0.05) is 91.0 Å². The van der Waals surface area contributed by atoms with Crippen molar-refractivity contribution in [3.05, 3.63) is 149 Å². The maximum absolute atomic E-state index is 14.9. The topological polar surface area (TPSA) is 58.0 Å². The number of hydrogen-bond donors (Lipinski definition) is 0. The first-order chi connectivity index (χ1) is 24.6. The van der Waals surface area contributed by atoms with E-state index in [9.17, 15) is 9.59 Å². The van der Waals surface area contributed by atoms with E-state index in [2.05, 4.69) is 62.9 Å². The van der Waals surface area contributed by atoms with Gasteiger partial charge in [0, 0.05) is 67.0 Å². The van der Waals surface area contributed by atoms with Crippen LogP contribution in [0.3, 0.4) is 0 Å². The minimum atomic E-state index is -0.0148. The lowest BCUT2D eigenvalue weighted by atomic mass is 9.92. The van der Waals surface area contributed by atoms with Gasteiger partial charge in [-0.2, -0.15) is 0 Å². The summed E-state index contributed by atoms with van der Waals surface area (Å²) in [5.41, 5.74) is 8.78. The Balaban J connectivity index is 1.17.